The van der Waals surface area contributed by atoms with E-state index in [4.69, 9.17) is 16.2 Å². The van der Waals surface area contributed by atoms with Crippen molar-refractivity contribution < 1.29 is 43.7 Å². The third-order valence-electron chi connectivity index (χ3n) is 8.73. The fourth-order valence-electron chi connectivity index (χ4n) is 5.39. The van der Waals surface area contributed by atoms with E-state index < -0.39 is 84.5 Å². The maximum atomic E-state index is 14.5. The summed E-state index contributed by atoms with van der Waals surface area (Å²) in [6, 6.07) is 16.1. The summed E-state index contributed by atoms with van der Waals surface area (Å²) in [6.45, 7) is 3.40. The number of aliphatic carboxylic acids is 1. The molecule has 0 saturated carbocycles. The number of aromatic hydroxyl groups is 1. The van der Waals surface area contributed by atoms with Crippen LogP contribution in [-0.2, 0) is 46.5 Å². The maximum Gasteiger partial charge on any atom is 0.328 e. The molecular weight excluding hydrogens is 703 g/mol. The van der Waals surface area contributed by atoms with Crippen molar-refractivity contribution in [2.45, 2.75) is 76.3 Å². The Bertz CT molecular complexity index is 1700. The van der Waals surface area contributed by atoms with Gasteiger partial charge < -0.3 is 31.7 Å². The summed E-state index contributed by atoms with van der Waals surface area (Å²) < 4.78 is 5.60. The SMILES string of the molecule is CCC(C)C(N)C(=O)N(C(=O)C(Cc1ccc(O)cc1)NC(=O)C(CS)NC(C(=O)OCc1ccccc1)c1ccccc1)C(CCC(N)=O)C(=O)O. The average molecular weight is 750 g/mol. The number of benzene rings is 3. The van der Waals surface area contributed by atoms with Gasteiger partial charge in [-0.3, -0.25) is 29.4 Å². The van der Waals surface area contributed by atoms with E-state index >= 15 is 0 Å². The number of esters is 1. The van der Waals surface area contributed by atoms with E-state index in [1.807, 2.05) is 6.07 Å². The molecule has 6 unspecified atom stereocenters. The summed E-state index contributed by atoms with van der Waals surface area (Å²) in [5.41, 5.74) is 13.2. The van der Waals surface area contributed by atoms with E-state index in [9.17, 15) is 39.0 Å². The Morgan fingerprint density at radius 2 is 1.47 bits per heavy atom. The van der Waals surface area contributed by atoms with Gasteiger partial charge >= 0.3 is 11.9 Å². The number of carbonyl (C=O) groups is 6. The molecule has 0 aliphatic carbocycles. The van der Waals surface area contributed by atoms with Gasteiger partial charge in [-0.05, 0) is 41.2 Å². The second-order valence-electron chi connectivity index (χ2n) is 12.6. The molecule has 0 fully saturated rings. The summed E-state index contributed by atoms with van der Waals surface area (Å²) in [5, 5.41) is 25.7. The van der Waals surface area contributed by atoms with Crippen LogP contribution in [0.25, 0.3) is 0 Å². The van der Waals surface area contributed by atoms with Crippen molar-refractivity contribution in [3.8, 4) is 5.75 Å². The first kappa shape index (κ1) is 42.2. The van der Waals surface area contributed by atoms with Crippen LogP contribution in [0.15, 0.2) is 84.9 Å². The standard InChI is InChI=1S/C38H47N5O9S/c1-3-23(2)32(40)36(48)43(30(37(49)50)18-19-31(39)45)35(47)28(20-24-14-16-27(44)17-15-24)42-34(46)29(22-53)41-33(26-12-8-5-9-13-26)38(51)52-21-25-10-6-4-7-11-25/h4-17,23,28-30,32-33,41,44,53H,3,18-22,40H2,1-2H3,(H2,39,45)(H,42,46)(H,49,50). The smallest absolute Gasteiger partial charge is 0.328 e. The molecule has 53 heavy (non-hydrogen) atoms. The van der Waals surface area contributed by atoms with Gasteiger partial charge in [0, 0.05) is 18.6 Å². The highest BCUT2D eigenvalue weighted by molar-refractivity contribution is 7.80. The Labute approximate surface area is 313 Å². The number of hydrogen-bond acceptors (Lipinski definition) is 11. The number of primary amides is 1. The van der Waals surface area contributed by atoms with Crippen molar-refractivity contribution in [3.05, 3.63) is 102 Å². The Kier molecular flexibility index (Phi) is 16.5. The van der Waals surface area contributed by atoms with Crippen LogP contribution in [0.4, 0.5) is 0 Å². The molecule has 4 amide bonds. The van der Waals surface area contributed by atoms with E-state index in [-0.39, 0.29) is 24.5 Å². The predicted octanol–water partition coefficient (Wildman–Crippen LogP) is 2.24. The minimum absolute atomic E-state index is 0.0330. The second kappa shape index (κ2) is 20.7. The molecule has 3 aromatic rings. The van der Waals surface area contributed by atoms with Gasteiger partial charge in [0.2, 0.25) is 17.7 Å². The topological polar surface area (TPSA) is 231 Å². The highest BCUT2D eigenvalue weighted by Gasteiger charge is 2.42. The van der Waals surface area contributed by atoms with Gasteiger partial charge in [0.05, 0.1) is 12.1 Å². The molecule has 0 radical (unpaired) electrons. The lowest BCUT2D eigenvalue weighted by Crippen LogP contribution is -2.62. The zero-order chi connectivity index (χ0) is 39.1. The van der Waals surface area contributed by atoms with E-state index in [0.717, 1.165) is 5.56 Å². The molecule has 3 rings (SSSR count). The lowest BCUT2D eigenvalue weighted by molar-refractivity contribution is -0.161. The maximum absolute atomic E-state index is 14.5. The van der Waals surface area contributed by atoms with Crippen LogP contribution in [0.2, 0.25) is 0 Å². The monoisotopic (exact) mass is 749 g/mol. The third-order valence-corrected chi connectivity index (χ3v) is 9.09. The van der Waals surface area contributed by atoms with Crippen molar-refractivity contribution in [3.63, 3.8) is 0 Å². The first-order chi connectivity index (χ1) is 25.3. The first-order valence-electron chi connectivity index (χ1n) is 17.1. The number of carbonyl (C=O) groups excluding carboxylic acids is 5. The number of carboxylic acid groups (broad SMARTS) is 1. The van der Waals surface area contributed by atoms with Crippen LogP contribution in [0.3, 0.4) is 0 Å². The van der Waals surface area contributed by atoms with Gasteiger partial charge in [-0.1, -0.05) is 93.1 Å². The van der Waals surface area contributed by atoms with Gasteiger partial charge in [-0.2, -0.15) is 12.6 Å². The average Bonchev–Trinajstić information content (AvgIpc) is 3.15. The number of carboxylic acids is 1. The Morgan fingerprint density at radius 1 is 0.868 bits per heavy atom. The largest absolute Gasteiger partial charge is 0.508 e. The van der Waals surface area contributed by atoms with Crippen molar-refractivity contribution in [1.82, 2.24) is 15.5 Å². The van der Waals surface area contributed by atoms with E-state index in [0.29, 0.717) is 22.4 Å². The molecule has 8 N–H and O–H groups in total. The number of imide groups is 1. The number of hydrogen-bond donors (Lipinski definition) is 7. The highest BCUT2D eigenvalue weighted by atomic mass is 32.1. The van der Waals surface area contributed by atoms with E-state index in [1.165, 1.54) is 24.3 Å². The molecular formula is C38H47N5O9S. The third kappa shape index (κ3) is 12.4. The summed E-state index contributed by atoms with van der Waals surface area (Å²) in [5.74, 6) is -6.76. The summed E-state index contributed by atoms with van der Waals surface area (Å²) in [4.78, 5) is 80.6. The summed E-state index contributed by atoms with van der Waals surface area (Å²) in [6.07, 6.45) is -0.794. The molecule has 6 atom stereocenters. The van der Waals surface area contributed by atoms with Crippen LogP contribution < -0.4 is 22.1 Å². The van der Waals surface area contributed by atoms with Gasteiger partial charge in [0.15, 0.2) is 0 Å². The van der Waals surface area contributed by atoms with Gasteiger partial charge in [0.1, 0.15) is 30.5 Å². The fourth-order valence-corrected chi connectivity index (χ4v) is 5.67. The molecule has 14 nitrogen and oxygen atoms in total. The van der Waals surface area contributed by atoms with Crippen LogP contribution in [0.1, 0.15) is 55.8 Å². The lowest BCUT2D eigenvalue weighted by Gasteiger charge is -2.34. The Hall–Kier alpha value is -5.25. The first-order valence-corrected chi connectivity index (χ1v) is 17.7. The normalized spacial score (nSPS) is 14.4. The highest BCUT2D eigenvalue weighted by Crippen LogP contribution is 2.20. The second-order valence-corrected chi connectivity index (χ2v) is 13.0. The predicted molar refractivity (Wildman–Crippen MR) is 199 cm³/mol. The van der Waals surface area contributed by atoms with Crippen molar-refractivity contribution >= 4 is 48.2 Å². The molecule has 0 bridgehead atoms. The molecule has 0 aromatic heterocycles. The molecule has 0 saturated heterocycles. The van der Waals surface area contributed by atoms with E-state index in [1.54, 1.807) is 68.4 Å². The molecule has 0 aliphatic rings. The number of phenolic OH excluding ortho intramolecular Hbond substituents is 1. The number of nitrogens with one attached hydrogen (secondary N) is 2. The fraction of sp³-hybridized carbons (Fsp3) is 0.368. The molecule has 3 aromatic carbocycles. The minimum Gasteiger partial charge on any atom is -0.508 e. The van der Waals surface area contributed by atoms with Crippen molar-refractivity contribution in [2.24, 2.45) is 17.4 Å². The van der Waals surface area contributed by atoms with Crippen LogP contribution in [-0.4, -0.2) is 80.6 Å². The molecule has 0 aliphatic heterocycles. The number of amides is 4. The molecule has 15 heteroatoms. The van der Waals surface area contributed by atoms with Crippen LogP contribution in [0, 0.1) is 5.92 Å². The Morgan fingerprint density at radius 3 is 2.02 bits per heavy atom. The number of nitrogens with zero attached hydrogens (tertiary/aromatic N) is 1. The molecule has 0 heterocycles. The van der Waals surface area contributed by atoms with Gasteiger partial charge in [-0.25, -0.2) is 9.59 Å². The van der Waals surface area contributed by atoms with Crippen LogP contribution in [0.5, 0.6) is 5.75 Å². The number of ether oxygens (including phenoxy) is 1. The summed E-state index contributed by atoms with van der Waals surface area (Å²) >= 11 is 4.35. The van der Waals surface area contributed by atoms with Gasteiger partial charge in [0.25, 0.3) is 5.91 Å². The number of rotatable bonds is 20. The quantitative estimate of drug-likeness (QED) is 0.0654. The zero-order valence-electron chi connectivity index (χ0n) is 29.6. The van der Waals surface area contributed by atoms with Gasteiger partial charge in [-0.15, -0.1) is 0 Å². The molecule has 0 spiro atoms. The molecule has 284 valence electrons. The number of thiol groups is 1. The minimum atomic E-state index is -1.85. The van der Waals surface area contributed by atoms with Crippen molar-refractivity contribution in [2.75, 3.05) is 5.75 Å². The number of nitrogens with two attached hydrogens (primary N) is 2. The van der Waals surface area contributed by atoms with E-state index in [2.05, 4.69) is 23.3 Å². The summed E-state index contributed by atoms with van der Waals surface area (Å²) in [7, 11) is 0. The Balaban J connectivity index is 2.01. The lowest BCUT2D eigenvalue weighted by atomic mass is 9.96. The zero-order valence-corrected chi connectivity index (χ0v) is 30.5. The van der Waals surface area contributed by atoms with Crippen LogP contribution >= 0.6 is 12.6 Å². The number of phenols is 1. The van der Waals surface area contributed by atoms with Crippen molar-refractivity contribution in [1.29, 1.82) is 0 Å².